The zero-order chi connectivity index (χ0) is 43.2. The highest BCUT2D eigenvalue weighted by molar-refractivity contribution is 6.25. The summed E-state index contributed by atoms with van der Waals surface area (Å²) in [6.07, 6.45) is 28.5. The highest BCUT2D eigenvalue weighted by atomic mass is 16.6. The summed E-state index contributed by atoms with van der Waals surface area (Å²) < 4.78 is 0. The molecule has 58 heavy (non-hydrogen) atoms. The molecule has 0 fully saturated rings. The van der Waals surface area contributed by atoms with Crippen molar-refractivity contribution in [2.24, 2.45) is 0 Å². The average Bonchev–Trinajstić information content (AvgIpc) is 3.21. The van der Waals surface area contributed by atoms with Gasteiger partial charge in [0, 0.05) is 24.3 Å². The normalized spacial score (nSPS) is 10.8. The second kappa shape index (κ2) is 37.4. The zero-order valence-corrected chi connectivity index (χ0v) is 36.6. The number of nitrogens with zero attached hydrogens (tertiary/aromatic N) is 2. The first-order chi connectivity index (χ1) is 28.0. The van der Waals surface area contributed by atoms with Crippen LogP contribution < -0.4 is 20.0 Å². The van der Waals surface area contributed by atoms with E-state index in [1.54, 1.807) is 34.1 Å². The average molecular weight is 815 g/mol. The maximum Gasteiger partial charge on any atom is 0.269 e. The third-order valence-corrected chi connectivity index (χ3v) is 10.5. The highest BCUT2D eigenvalue weighted by Crippen LogP contribution is 2.14. The van der Waals surface area contributed by atoms with E-state index >= 15 is 0 Å². The molecule has 0 atom stereocenters. The lowest BCUT2D eigenvalue weighted by molar-refractivity contribution is -0.901. The molecule has 0 radical (unpaired) electrons. The van der Waals surface area contributed by atoms with Crippen molar-refractivity contribution in [3.05, 3.63) is 79.9 Å². The van der Waals surface area contributed by atoms with Crippen LogP contribution in [0.3, 0.4) is 0 Å². The van der Waals surface area contributed by atoms with Gasteiger partial charge >= 0.3 is 0 Å². The standard InChI is InChI=1S/2C22H38N2O2.C2H2O4/c2*1-3-5-7-10-18-23(19-11-8-6-4-2)20-12-9-13-21-14-16-22(17-15-21)24(25)26;3-1(4)2(5)6/h2*14-17H,3-13,18-20H2,1-2H3;(H,3,4)(H,5,6). The van der Waals surface area contributed by atoms with E-state index in [-0.39, 0.29) is 21.2 Å². The van der Waals surface area contributed by atoms with Gasteiger partial charge in [-0.15, -0.1) is 0 Å². The van der Waals surface area contributed by atoms with Crippen LogP contribution in [0.5, 0.6) is 0 Å². The summed E-state index contributed by atoms with van der Waals surface area (Å²) in [6.45, 7) is 16.9. The molecule has 0 unspecified atom stereocenters. The fourth-order valence-corrected chi connectivity index (χ4v) is 6.93. The van der Waals surface area contributed by atoms with Crippen LogP contribution in [0.2, 0.25) is 0 Å². The van der Waals surface area contributed by atoms with Crippen LogP contribution in [0.1, 0.15) is 167 Å². The van der Waals surface area contributed by atoms with Crippen molar-refractivity contribution < 1.29 is 39.4 Å². The molecule has 0 aromatic heterocycles. The van der Waals surface area contributed by atoms with Crippen molar-refractivity contribution in [2.75, 3.05) is 39.3 Å². The topological polar surface area (TPSA) is 175 Å². The monoisotopic (exact) mass is 815 g/mol. The second-order valence-electron chi connectivity index (χ2n) is 15.6. The Morgan fingerprint density at radius 3 is 0.862 bits per heavy atom. The van der Waals surface area contributed by atoms with Gasteiger partial charge in [-0.05, 0) is 101 Å². The first-order valence-electron chi connectivity index (χ1n) is 22.5. The van der Waals surface area contributed by atoms with E-state index in [0.29, 0.717) is 0 Å². The van der Waals surface area contributed by atoms with Gasteiger partial charge in [0.1, 0.15) is 0 Å². The number of hydrogen-bond acceptors (Lipinski definition) is 8. The Morgan fingerprint density at radius 1 is 0.414 bits per heavy atom. The molecule has 0 aliphatic rings. The van der Waals surface area contributed by atoms with E-state index in [0.717, 1.165) is 12.8 Å². The van der Waals surface area contributed by atoms with E-state index in [4.69, 9.17) is 19.8 Å². The Bertz CT molecular complexity index is 1200. The largest absolute Gasteiger partial charge is 0.543 e. The van der Waals surface area contributed by atoms with Gasteiger partial charge in [-0.2, -0.15) is 0 Å². The first kappa shape index (κ1) is 54.1. The quantitative estimate of drug-likeness (QED) is 0.0369. The van der Waals surface area contributed by atoms with Gasteiger partial charge in [0.2, 0.25) is 0 Å². The number of nitrogens with one attached hydrogen (secondary N) is 2. The molecule has 0 spiro atoms. The van der Waals surface area contributed by atoms with Gasteiger partial charge in [-0.25, -0.2) is 0 Å². The summed E-state index contributed by atoms with van der Waals surface area (Å²) in [5.74, 6) is -4.37. The molecule has 2 rings (SSSR count). The van der Waals surface area contributed by atoms with Crippen LogP contribution in [0.15, 0.2) is 48.5 Å². The Hall–Kier alpha value is -3.90. The second-order valence-corrected chi connectivity index (χ2v) is 15.6. The third-order valence-electron chi connectivity index (χ3n) is 10.5. The van der Waals surface area contributed by atoms with Gasteiger partial charge in [-0.3, -0.25) is 20.2 Å². The van der Waals surface area contributed by atoms with Gasteiger partial charge in [0.05, 0.1) is 61.1 Å². The van der Waals surface area contributed by atoms with Gasteiger partial charge in [0.15, 0.2) is 0 Å². The number of unbranched alkanes of at least 4 members (excludes halogenated alkanes) is 14. The van der Waals surface area contributed by atoms with Gasteiger partial charge in [-0.1, -0.05) is 103 Å². The number of rotatable bonds is 32. The van der Waals surface area contributed by atoms with E-state index in [1.807, 2.05) is 24.3 Å². The number of aryl methyl sites for hydroxylation is 2. The summed E-state index contributed by atoms with van der Waals surface area (Å²) in [6, 6.07) is 14.1. The molecular formula is C46H78N4O8. The summed E-state index contributed by atoms with van der Waals surface area (Å²) in [4.78, 5) is 42.2. The van der Waals surface area contributed by atoms with Crippen molar-refractivity contribution >= 4 is 23.3 Å². The molecule has 0 heterocycles. The van der Waals surface area contributed by atoms with Crippen LogP contribution in [0.25, 0.3) is 0 Å². The van der Waals surface area contributed by atoms with Crippen LogP contribution in [0, 0.1) is 20.2 Å². The molecule has 0 aliphatic carbocycles. The minimum absolute atomic E-state index is 0.184. The van der Waals surface area contributed by atoms with Crippen molar-refractivity contribution in [2.45, 2.75) is 169 Å². The Kier molecular flexibility index (Phi) is 34.9. The number of carboxylic acids is 2. The lowest BCUT2D eigenvalue weighted by atomic mass is 10.1. The molecule has 0 saturated heterocycles. The molecule has 12 nitrogen and oxygen atoms in total. The lowest BCUT2D eigenvalue weighted by Crippen LogP contribution is -3.12. The van der Waals surface area contributed by atoms with E-state index in [2.05, 4.69) is 27.7 Å². The predicted molar refractivity (Wildman–Crippen MR) is 230 cm³/mol. The number of carbonyl (C=O) groups excluding carboxylic acids is 2. The van der Waals surface area contributed by atoms with Gasteiger partial charge < -0.3 is 29.6 Å². The molecule has 2 aromatic rings. The summed E-state index contributed by atoms with van der Waals surface area (Å²) in [5, 5.41) is 39.3. The highest BCUT2D eigenvalue weighted by Gasteiger charge is 2.11. The predicted octanol–water partition coefficient (Wildman–Crippen LogP) is 6.41. The molecule has 330 valence electrons. The molecule has 0 amide bonds. The Labute approximate surface area is 350 Å². The molecule has 0 aliphatic heterocycles. The smallest absolute Gasteiger partial charge is 0.269 e. The summed E-state index contributed by atoms with van der Waals surface area (Å²) in [7, 11) is 0. The molecule has 2 N–H and O–H groups in total. The number of hydrogen-bond donors (Lipinski definition) is 2. The van der Waals surface area contributed by atoms with Crippen LogP contribution in [0.4, 0.5) is 11.4 Å². The molecule has 0 saturated carbocycles. The number of carboxylic acid groups (broad SMARTS) is 2. The Morgan fingerprint density at radius 2 is 0.655 bits per heavy atom. The number of carbonyl (C=O) groups is 2. The van der Waals surface area contributed by atoms with E-state index in [9.17, 15) is 20.2 Å². The number of quaternary nitrogens is 2. The third kappa shape index (κ3) is 31.1. The fraction of sp³-hybridized carbons (Fsp3) is 0.696. The van der Waals surface area contributed by atoms with Crippen LogP contribution in [-0.4, -0.2) is 61.1 Å². The number of aliphatic carboxylic acids is 2. The lowest BCUT2D eigenvalue weighted by Gasteiger charge is -2.19. The number of nitro groups is 2. The number of benzene rings is 2. The molecular weight excluding hydrogens is 737 g/mol. The van der Waals surface area contributed by atoms with Crippen molar-refractivity contribution in [1.82, 2.24) is 0 Å². The van der Waals surface area contributed by atoms with Crippen molar-refractivity contribution in [3.8, 4) is 0 Å². The van der Waals surface area contributed by atoms with E-state index in [1.165, 1.54) is 179 Å². The van der Waals surface area contributed by atoms with Crippen LogP contribution in [-0.2, 0) is 22.4 Å². The SMILES string of the molecule is CCCCCC[NH+](CCCCCC)CCCCc1ccc([N+](=O)[O-])cc1.CCCCCC[NH+](CCCCCC)CCCCc1ccc([N+](=O)[O-])cc1.O=C([O-])C(=O)[O-]. The molecule has 2 aromatic carbocycles. The summed E-state index contributed by atoms with van der Waals surface area (Å²) >= 11 is 0. The summed E-state index contributed by atoms with van der Waals surface area (Å²) in [5.41, 5.74) is 2.79. The van der Waals surface area contributed by atoms with Gasteiger partial charge in [0.25, 0.3) is 11.4 Å². The van der Waals surface area contributed by atoms with Crippen molar-refractivity contribution in [1.29, 1.82) is 0 Å². The first-order valence-corrected chi connectivity index (χ1v) is 22.5. The zero-order valence-electron chi connectivity index (χ0n) is 36.6. The molecule has 12 heteroatoms. The van der Waals surface area contributed by atoms with Crippen LogP contribution >= 0.6 is 0 Å². The maximum atomic E-state index is 10.7. The minimum atomic E-state index is -2.19. The number of nitro benzene ring substituents is 2. The van der Waals surface area contributed by atoms with E-state index < -0.39 is 11.9 Å². The maximum absolute atomic E-state index is 10.7. The number of non-ortho nitro benzene ring substituents is 2. The molecule has 0 bridgehead atoms. The van der Waals surface area contributed by atoms with Crippen molar-refractivity contribution in [3.63, 3.8) is 0 Å². The fourth-order valence-electron chi connectivity index (χ4n) is 6.93. The Balaban J connectivity index is 0.000000981. The minimum Gasteiger partial charge on any atom is -0.543 e.